The molecule has 0 radical (unpaired) electrons. The molecule has 1 aliphatic rings. The highest BCUT2D eigenvalue weighted by atomic mass is 32.2. The maximum Gasteiger partial charge on any atom is 0.119 e. The van der Waals surface area contributed by atoms with Gasteiger partial charge in [-0.05, 0) is 54.1 Å². The molecule has 1 N–H and O–H groups in total. The maximum atomic E-state index is 5.28. The number of methoxy groups -OCH3 is 1. The first-order chi connectivity index (χ1) is 10.3. The first-order valence-corrected chi connectivity index (χ1v) is 9.12. The van der Waals surface area contributed by atoms with E-state index in [1.165, 1.54) is 21.8 Å². The van der Waals surface area contributed by atoms with Crippen molar-refractivity contribution in [2.75, 3.05) is 13.7 Å². The van der Waals surface area contributed by atoms with Crippen molar-refractivity contribution in [2.24, 2.45) is 0 Å². The number of nitrogens with one attached hydrogen (secondary N) is 1. The first kappa shape index (κ1) is 14.9. The first-order valence-electron chi connectivity index (χ1n) is 7.36. The van der Waals surface area contributed by atoms with Crippen LogP contribution in [0.1, 0.15) is 30.5 Å². The molecule has 1 aromatic heterocycles. The molecule has 0 spiro atoms. The van der Waals surface area contributed by atoms with Gasteiger partial charge >= 0.3 is 0 Å². The monoisotopic (exact) mass is 319 g/mol. The Labute approximate surface area is 134 Å². The van der Waals surface area contributed by atoms with Crippen LogP contribution < -0.4 is 10.1 Å². The van der Waals surface area contributed by atoms with Crippen molar-refractivity contribution in [2.45, 2.75) is 35.3 Å². The second-order valence-corrected chi connectivity index (χ2v) is 8.06. The summed E-state index contributed by atoms with van der Waals surface area (Å²) in [6, 6.07) is 11.1. The van der Waals surface area contributed by atoms with Gasteiger partial charge in [0.15, 0.2) is 0 Å². The lowest BCUT2D eigenvalue weighted by molar-refractivity contribution is 0.414. The van der Waals surface area contributed by atoms with Gasteiger partial charge in [-0.3, -0.25) is 0 Å². The summed E-state index contributed by atoms with van der Waals surface area (Å²) in [6.45, 7) is 3.33. The van der Waals surface area contributed by atoms with E-state index < -0.39 is 0 Å². The zero-order chi connectivity index (χ0) is 14.7. The maximum absolute atomic E-state index is 5.28. The fourth-order valence-electron chi connectivity index (χ4n) is 2.76. The second kappa shape index (κ2) is 6.86. The Bertz CT molecular complexity index is 596. The van der Waals surface area contributed by atoms with Gasteiger partial charge in [-0.25, -0.2) is 0 Å². The molecule has 1 aliphatic heterocycles. The lowest BCUT2D eigenvalue weighted by Crippen LogP contribution is -2.28. The van der Waals surface area contributed by atoms with Crippen molar-refractivity contribution in [3.63, 3.8) is 0 Å². The molecule has 2 aromatic rings. The Morgan fingerprint density at radius 2 is 2.24 bits per heavy atom. The lowest BCUT2D eigenvalue weighted by Gasteiger charge is -2.27. The van der Waals surface area contributed by atoms with Gasteiger partial charge in [-0.1, -0.05) is 19.1 Å². The van der Waals surface area contributed by atoms with Crippen molar-refractivity contribution in [1.82, 2.24) is 5.32 Å². The summed E-state index contributed by atoms with van der Waals surface area (Å²) in [6.07, 6.45) is 2.25. The fourth-order valence-corrected chi connectivity index (χ4v) is 5.33. The van der Waals surface area contributed by atoms with Gasteiger partial charge in [0.25, 0.3) is 0 Å². The third-order valence-corrected chi connectivity index (χ3v) is 6.19. The van der Waals surface area contributed by atoms with Crippen LogP contribution in [0.3, 0.4) is 0 Å². The van der Waals surface area contributed by atoms with Gasteiger partial charge < -0.3 is 10.1 Å². The average molecular weight is 319 g/mol. The van der Waals surface area contributed by atoms with Crippen molar-refractivity contribution >= 4 is 23.1 Å². The molecule has 2 heterocycles. The van der Waals surface area contributed by atoms with Crippen LogP contribution in [0, 0.1) is 0 Å². The van der Waals surface area contributed by atoms with Crippen LogP contribution in [-0.4, -0.2) is 18.9 Å². The molecule has 112 valence electrons. The van der Waals surface area contributed by atoms with E-state index in [1.807, 2.05) is 29.2 Å². The topological polar surface area (TPSA) is 21.3 Å². The van der Waals surface area contributed by atoms with Gasteiger partial charge in [0.05, 0.1) is 11.3 Å². The number of benzene rings is 1. The van der Waals surface area contributed by atoms with Crippen LogP contribution >= 0.6 is 23.1 Å². The third-order valence-electron chi connectivity index (χ3n) is 3.85. The number of ether oxygens (including phenoxy) is 1. The Hall–Kier alpha value is -0.970. The molecule has 1 aromatic carbocycles. The smallest absolute Gasteiger partial charge is 0.119 e. The molecular formula is C17H21NOS2. The van der Waals surface area contributed by atoms with E-state index in [4.69, 9.17) is 4.74 Å². The Morgan fingerprint density at radius 3 is 3.10 bits per heavy atom. The zero-order valence-corrected chi connectivity index (χ0v) is 14.1. The van der Waals surface area contributed by atoms with Crippen molar-refractivity contribution in [3.8, 4) is 5.75 Å². The van der Waals surface area contributed by atoms with Crippen LogP contribution in [0.2, 0.25) is 0 Å². The SMILES string of the molecule is COc1cccc(CCNC2C[C@H](C)Sc3sccc32)c1. The standard InChI is InChI=1S/C17H21NOS2/c1-12-10-16(15-7-9-20-17(15)21-12)18-8-6-13-4-3-5-14(11-13)19-2/h3-5,7,9,11-12,16,18H,6,8,10H2,1-2H3/t12-,16?/m0/s1. The molecular weight excluding hydrogens is 298 g/mol. The van der Waals surface area contributed by atoms with E-state index in [0.29, 0.717) is 11.3 Å². The van der Waals surface area contributed by atoms with Crippen LogP contribution in [0.4, 0.5) is 0 Å². The minimum absolute atomic E-state index is 0.508. The van der Waals surface area contributed by atoms with E-state index >= 15 is 0 Å². The molecule has 0 saturated heterocycles. The van der Waals surface area contributed by atoms with E-state index in [9.17, 15) is 0 Å². The Balaban J connectivity index is 1.58. The minimum Gasteiger partial charge on any atom is -0.497 e. The van der Waals surface area contributed by atoms with Crippen molar-refractivity contribution in [1.29, 1.82) is 0 Å². The predicted octanol–water partition coefficient (Wildman–Crippen LogP) is 4.51. The molecule has 3 rings (SSSR count). The molecule has 0 bridgehead atoms. The summed E-state index contributed by atoms with van der Waals surface area (Å²) in [4.78, 5) is 0. The number of thiophene rings is 1. The van der Waals surface area contributed by atoms with E-state index in [0.717, 1.165) is 18.7 Å². The Kier molecular flexibility index (Phi) is 4.88. The van der Waals surface area contributed by atoms with Crippen LogP contribution in [0.15, 0.2) is 39.9 Å². The lowest BCUT2D eigenvalue weighted by atomic mass is 10.0. The van der Waals surface area contributed by atoms with Crippen molar-refractivity contribution in [3.05, 3.63) is 46.8 Å². The van der Waals surface area contributed by atoms with Gasteiger partial charge in [0, 0.05) is 11.3 Å². The average Bonchev–Trinajstić information content (AvgIpc) is 2.95. The Morgan fingerprint density at radius 1 is 1.33 bits per heavy atom. The van der Waals surface area contributed by atoms with Crippen LogP contribution in [0.25, 0.3) is 0 Å². The van der Waals surface area contributed by atoms with Gasteiger partial charge in [0.1, 0.15) is 5.75 Å². The number of rotatable bonds is 5. The number of fused-ring (bicyclic) bond motifs is 1. The normalized spacial score (nSPS) is 21.0. The minimum atomic E-state index is 0.508. The molecule has 0 fully saturated rings. The summed E-state index contributed by atoms with van der Waals surface area (Å²) in [7, 11) is 1.72. The fraction of sp³-hybridized carbons (Fsp3) is 0.412. The molecule has 0 aliphatic carbocycles. The van der Waals surface area contributed by atoms with Crippen molar-refractivity contribution < 1.29 is 4.74 Å². The van der Waals surface area contributed by atoms with E-state index in [1.54, 1.807) is 7.11 Å². The predicted molar refractivity (Wildman–Crippen MR) is 91.7 cm³/mol. The highest BCUT2D eigenvalue weighted by molar-refractivity contribution is 8.01. The number of thioether (sulfide) groups is 1. The van der Waals surface area contributed by atoms with Gasteiger partial charge in [0.2, 0.25) is 0 Å². The van der Waals surface area contributed by atoms with E-state index in [-0.39, 0.29) is 0 Å². The second-order valence-electron chi connectivity index (χ2n) is 5.44. The van der Waals surface area contributed by atoms with E-state index in [2.05, 4.69) is 41.9 Å². The molecule has 2 nitrogen and oxygen atoms in total. The quantitative estimate of drug-likeness (QED) is 0.876. The molecule has 0 saturated carbocycles. The summed E-state index contributed by atoms with van der Waals surface area (Å²) >= 11 is 3.89. The molecule has 2 atom stereocenters. The number of hydrogen-bond donors (Lipinski definition) is 1. The molecule has 21 heavy (non-hydrogen) atoms. The van der Waals surface area contributed by atoms with Crippen LogP contribution in [-0.2, 0) is 6.42 Å². The summed E-state index contributed by atoms with van der Waals surface area (Å²) in [5, 5.41) is 6.65. The molecule has 4 heteroatoms. The summed E-state index contributed by atoms with van der Waals surface area (Å²) in [5.74, 6) is 0.940. The van der Waals surface area contributed by atoms with Crippen LogP contribution in [0.5, 0.6) is 5.75 Å². The highest BCUT2D eigenvalue weighted by Gasteiger charge is 2.25. The van der Waals surface area contributed by atoms with Gasteiger partial charge in [-0.2, -0.15) is 0 Å². The number of hydrogen-bond acceptors (Lipinski definition) is 4. The summed E-state index contributed by atoms with van der Waals surface area (Å²) in [5.41, 5.74) is 2.82. The third kappa shape index (κ3) is 3.62. The summed E-state index contributed by atoms with van der Waals surface area (Å²) < 4.78 is 6.77. The largest absolute Gasteiger partial charge is 0.497 e. The van der Waals surface area contributed by atoms with Gasteiger partial charge in [-0.15, -0.1) is 23.1 Å². The molecule has 0 amide bonds. The highest BCUT2D eigenvalue weighted by Crippen LogP contribution is 2.43. The zero-order valence-electron chi connectivity index (χ0n) is 12.5. The molecule has 1 unspecified atom stereocenters.